The van der Waals surface area contributed by atoms with Crippen molar-refractivity contribution in [3.05, 3.63) is 12.7 Å². The number of rotatable bonds is 5. The van der Waals surface area contributed by atoms with Gasteiger partial charge in [0.25, 0.3) is 8.05 Å². The van der Waals surface area contributed by atoms with E-state index in [0.717, 1.165) is 0 Å². The highest BCUT2D eigenvalue weighted by molar-refractivity contribution is 5.98. The highest BCUT2D eigenvalue weighted by atomic mass is 16.5. The number of ether oxygens (including phenoxy) is 1. The minimum Gasteiger partial charge on any atom is -0.436 e. The second-order valence-corrected chi connectivity index (χ2v) is 3.82. The van der Waals surface area contributed by atoms with Gasteiger partial charge in [-0.05, 0) is 27.7 Å². The number of hydrogen-bond donors (Lipinski definition) is 0. The summed E-state index contributed by atoms with van der Waals surface area (Å²) in [5.41, 5.74) is -0.577. The van der Waals surface area contributed by atoms with Gasteiger partial charge in [-0.15, -0.1) is 6.58 Å². The van der Waals surface area contributed by atoms with E-state index in [0.29, 0.717) is 6.61 Å². The largest absolute Gasteiger partial charge is 0.436 e. The van der Waals surface area contributed by atoms with Crippen molar-refractivity contribution in [3.63, 3.8) is 0 Å². The van der Waals surface area contributed by atoms with Crippen molar-refractivity contribution in [3.8, 4) is 0 Å². The first-order valence-corrected chi connectivity index (χ1v) is 4.17. The van der Waals surface area contributed by atoms with Gasteiger partial charge in [0.15, 0.2) is 0 Å². The van der Waals surface area contributed by atoms with Crippen LogP contribution in [0, 0.1) is 0 Å². The highest BCUT2D eigenvalue weighted by Gasteiger charge is 2.37. The molecule has 2 nitrogen and oxygen atoms in total. The van der Waals surface area contributed by atoms with Crippen LogP contribution in [0.1, 0.15) is 27.7 Å². The Morgan fingerprint density at radius 3 is 2.08 bits per heavy atom. The first kappa shape index (κ1) is 11.7. The summed E-state index contributed by atoms with van der Waals surface area (Å²) in [6.45, 7) is 12.2. The Balaban J connectivity index is 4.26. The molecule has 0 fully saturated rings. The van der Waals surface area contributed by atoms with E-state index in [-0.39, 0.29) is 11.2 Å². The summed E-state index contributed by atoms with van der Waals surface area (Å²) in [6.07, 6.45) is 1.74. The van der Waals surface area contributed by atoms with E-state index in [9.17, 15) is 0 Å². The molecule has 3 heteroatoms. The topological polar surface area (TPSA) is 18.5 Å². The fourth-order valence-corrected chi connectivity index (χ4v) is 0.687. The Hall–Kier alpha value is -0.275. The standard InChI is InChI=1S/C9H19BO2/c1-6-7-11-8(2,3)9(4,5)12-10/h6H,1,7,10H2,2-5H3. The van der Waals surface area contributed by atoms with Crippen LogP contribution in [0.2, 0.25) is 0 Å². The minimum absolute atomic E-state index is 0.282. The Bertz CT molecular complexity index is 153. The van der Waals surface area contributed by atoms with Crippen LogP contribution in [0.3, 0.4) is 0 Å². The van der Waals surface area contributed by atoms with Crippen molar-refractivity contribution in [1.29, 1.82) is 0 Å². The maximum absolute atomic E-state index is 5.59. The van der Waals surface area contributed by atoms with Gasteiger partial charge in [-0.2, -0.15) is 0 Å². The quantitative estimate of drug-likeness (QED) is 0.457. The predicted octanol–water partition coefficient (Wildman–Crippen LogP) is 1.31. The molecule has 0 bridgehead atoms. The van der Waals surface area contributed by atoms with Crippen molar-refractivity contribution in [2.75, 3.05) is 6.61 Å². The molecule has 0 unspecified atom stereocenters. The summed E-state index contributed by atoms with van der Waals surface area (Å²) in [5, 5.41) is 0. The van der Waals surface area contributed by atoms with Crippen molar-refractivity contribution in [2.45, 2.75) is 38.9 Å². The lowest BCUT2D eigenvalue weighted by atomic mass is 9.88. The molecule has 0 aliphatic rings. The van der Waals surface area contributed by atoms with Crippen LogP contribution in [-0.4, -0.2) is 25.9 Å². The average Bonchev–Trinajstić information content (AvgIpc) is 2.00. The van der Waals surface area contributed by atoms with Crippen LogP contribution in [0.25, 0.3) is 0 Å². The zero-order chi connectivity index (χ0) is 9.83. The van der Waals surface area contributed by atoms with E-state index in [4.69, 9.17) is 9.39 Å². The fraction of sp³-hybridized carbons (Fsp3) is 0.778. The zero-order valence-electron chi connectivity index (χ0n) is 8.81. The molecular formula is C9H19BO2. The molecule has 0 atom stereocenters. The molecule has 0 N–H and O–H groups in total. The smallest absolute Gasteiger partial charge is 0.258 e. The SMILES string of the molecule is BOC(C)(C)C(C)(C)OCC=C. The van der Waals surface area contributed by atoms with Gasteiger partial charge in [0.1, 0.15) is 0 Å². The molecule has 0 aromatic rings. The third-order valence-electron chi connectivity index (χ3n) is 2.52. The third-order valence-corrected chi connectivity index (χ3v) is 2.52. The molecule has 0 amide bonds. The maximum atomic E-state index is 5.59. The van der Waals surface area contributed by atoms with E-state index in [2.05, 4.69) is 6.58 Å². The molecule has 12 heavy (non-hydrogen) atoms. The van der Waals surface area contributed by atoms with Crippen LogP contribution in [0.5, 0.6) is 0 Å². The van der Waals surface area contributed by atoms with Gasteiger partial charge >= 0.3 is 0 Å². The van der Waals surface area contributed by atoms with Crippen molar-refractivity contribution >= 4 is 8.05 Å². The second kappa shape index (κ2) is 4.10. The molecule has 0 spiro atoms. The molecule has 0 heterocycles. The maximum Gasteiger partial charge on any atom is 0.258 e. The number of hydrogen-bond acceptors (Lipinski definition) is 2. The first-order chi connectivity index (χ1) is 5.37. The Kier molecular flexibility index (Phi) is 4.01. The van der Waals surface area contributed by atoms with Crippen molar-refractivity contribution in [2.24, 2.45) is 0 Å². The van der Waals surface area contributed by atoms with E-state index in [1.54, 1.807) is 14.1 Å². The molecule has 0 radical (unpaired) electrons. The van der Waals surface area contributed by atoms with Crippen LogP contribution in [0.15, 0.2) is 12.7 Å². The molecule has 0 aliphatic heterocycles. The van der Waals surface area contributed by atoms with Crippen molar-refractivity contribution in [1.82, 2.24) is 0 Å². The lowest BCUT2D eigenvalue weighted by molar-refractivity contribution is -0.124. The van der Waals surface area contributed by atoms with Gasteiger partial charge < -0.3 is 9.39 Å². The van der Waals surface area contributed by atoms with Crippen LogP contribution in [0.4, 0.5) is 0 Å². The second-order valence-electron chi connectivity index (χ2n) is 3.82. The highest BCUT2D eigenvalue weighted by Crippen LogP contribution is 2.27. The fourth-order valence-electron chi connectivity index (χ4n) is 0.687. The monoisotopic (exact) mass is 170 g/mol. The van der Waals surface area contributed by atoms with Gasteiger partial charge in [0.05, 0.1) is 17.8 Å². The molecule has 0 saturated heterocycles. The lowest BCUT2D eigenvalue weighted by Crippen LogP contribution is -2.49. The third kappa shape index (κ3) is 2.65. The molecule has 0 rings (SSSR count). The molecule has 70 valence electrons. The summed E-state index contributed by atoms with van der Waals surface area (Å²) in [6, 6.07) is 0. The molecule has 0 saturated carbocycles. The molecule has 0 aromatic carbocycles. The van der Waals surface area contributed by atoms with E-state index in [1.165, 1.54) is 0 Å². The van der Waals surface area contributed by atoms with E-state index in [1.807, 2.05) is 27.7 Å². The van der Waals surface area contributed by atoms with Gasteiger partial charge in [0, 0.05) is 0 Å². The summed E-state index contributed by atoms with van der Waals surface area (Å²) >= 11 is 0. The van der Waals surface area contributed by atoms with E-state index < -0.39 is 0 Å². The summed E-state index contributed by atoms with van der Waals surface area (Å²) < 4.78 is 10.9. The van der Waals surface area contributed by atoms with Crippen molar-refractivity contribution < 1.29 is 9.39 Å². The van der Waals surface area contributed by atoms with Crippen LogP contribution >= 0.6 is 0 Å². The molecule has 0 aliphatic carbocycles. The normalized spacial score (nSPS) is 13.0. The zero-order valence-corrected chi connectivity index (χ0v) is 8.81. The van der Waals surface area contributed by atoms with Gasteiger partial charge in [-0.1, -0.05) is 6.08 Å². The van der Waals surface area contributed by atoms with Crippen LogP contribution < -0.4 is 0 Å². The Morgan fingerprint density at radius 2 is 1.75 bits per heavy atom. The van der Waals surface area contributed by atoms with Gasteiger partial charge in [-0.3, -0.25) is 0 Å². The van der Waals surface area contributed by atoms with Gasteiger partial charge in [-0.25, -0.2) is 0 Å². The minimum atomic E-state index is -0.296. The summed E-state index contributed by atoms with van der Waals surface area (Å²) in [7, 11) is 1.69. The first-order valence-electron chi connectivity index (χ1n) is 4.17. The molecular weight excluding hydrogens is 151 g/mol. The summed E-state index contributed by atoms with van der Waals surface area (Å²) in [4.78, 5) is 0. The lowest BCUT2D eigenvalue weighted by Gasteiger charge is -2.40. The molecule has 0 aromatic heterocycles. The Labute approximate surface area is 76.4 Å². The average molecular weight is 170 g/mol. The summed E-state index contributed by atoms with van der Waals surface area (Å²) in [5.74, 6) is 0. The van der Waals surface area contributed by atoms with E-state index >= 15 is 0 Å². The van der Waals surface area contributed by atoms with Crippen LogP contribution in [-0.2, 0) is 9.39 Å². The predicted molar refractivity (Wildman–Crippen MR) is 53.9 cm³/mol. The Morgan fingerprint density at radius 1 is 1.25 bits per heavy atom. The van der Waals surface area contributed by atoms with Gasteiger partial charge in [0.2, 0.25) is 0 Å².